The van der Waals surface area contributed by atoms with Crippen molar-refractivity contribution in [2.75, 3.05) is 11.4 Å². The average molecular weight is 358 g/mol. The minimum Gasteiger partial charge on any atom is -0.387 e. The van der Waals surface area contributed by atoms with E-state index in [-0.39, 0.29) is 0 Å². The lowest BCUT2D eigenvalue weighted by Gasteiger charge is -2.25. The van der Waals surface area contributed by atoms with Gasteiger partial charge in [-0.15, -0.1) is 11.3 Å². The molecule has 0 radical (unpaired) electrons. The summed E-state index contributed by atoms with van der Waals surface area (Å²) < 4.78 is 4.52. The van der Waals surface area contributed by atoms with Crippen LogP contribution in [0, 0.1) is 0 Å². The number of aliphatic hydroxyl groups excluding tert-OH is 1. The maximum absolute atomic E-state index is 10.5. The van der Waals surface area contributed by atoms with Gasteiger partial charge in [-0.2, -0.15) is 9.36 Å². The molecule has 1 N–H and O–H groups in total. The zero-order valence-electron chi connectivity index (χ0n) is 13.2. The van der Waals surface area contributed by atoms with Crippen molar-refractivity contribution in [2.45, 2.75) is 31.4 Å². The van der Waals surface area contributed by atoms with Crippen molar-refractivity contribution in [1.29, 1.82) is 0 Å². The number of aromatic nitrogens is 2. The highest BCUT2D eigenvalue weighted by Crippen LogP contribution is 2.34. The summed E-state index contributed by atoms with van der Waals surface area (Å²) in [6, 6.07) is 14.4. The molecule has 1 aliphatic rings. The summed E-state index contributed by atoms with van der Waals surface area (Å²) in [5, 5.41) is 13.5. The van der Waals surface area contributed by atoms with Crippen LogP contribution in [0.5, 0.6) is 0 Å². The molecule has 124 valence electrons. The molecule has 3 aromatic rings. The number of anilines is 1. The highest BCUT2D eigenvalue weighted by Gasteiger charge is 2.29. The standard InChI is InChI=1S/C18H19N3OS2/c22-15(16-9-5-11-23-16)12-14-8-4-10-21(14)18-19-17(20-24-18)13-6-2-1-3-7-13/h1-3,5-7,9,11,14-15,22H,4,8,10,12H2. The van der Waals surface area contributed by atoms with E-state index in [1.807, 2.05) is 47.8 Å². The summed E-state index contributed by atoms with van der Waals surface area (Å²) in [5.41, 5.74) is 1.05. The topological polar surface area (TPSA) is 49.2 Å². The number of thiophene rings is 1. The van der Waals surface area contributed by atoms with Crippen LogP contribution in [0.4, 0.5) is 5.13 Å². The Morgan fingerprint density at radius 1 is 1.21 bits per heavy atom. The van der Waals surface area contributed by atoms with Gasteiger partial charge in [-0.05, 0) is 30.7 Å². The molecule has 0 spiro atoms. The van der Waals surface area contributed by atoms with Gasteiger partial charge in [-0.1, -0.05) is 36.4 Å². The van der Waals surface area contributed by atoms with Crippen molar-refractivity contribution in [2.24, 2.45) is 0 Å². The van der Waals surface area contributed by atoms with Gasteiger partial charge < -0.3 is 10.0 Å². The van der Waals surface area contributed by atoms with Gasteiger partial charge in [0.05, 0.1) is 6.10 Å². The van der Waals surface area contributed by atoms with Crippen LogP contribution in [0.2, 0.25) is 0 Å². The minimum atomic E-state index is -0.392. The van der Waals surface area contributed by atoms with Crippen molar-refractivity contribution in [3.05, 3.63) is 52.7 Å². The summed E-state index contributed by atoms with van der Waals surface area (Å²) in [7, 11) is 0. The molecule has 0 amide bonds. The van der Waals surface area contributed by atoms with E-state index >= 15 is 0 Å². The van der Waals surface area contributed by atoms with E-state index in [9.17, 15) is 5.11 Å². The average Bonchev–Trinajstić information content (AvgIpc) is 3.36. The molecule has 0 saturated carbocycles. The Morgan fingerprint density at radius 3 is 2.88 bits per heavy atom. The third kappa shape index (κ3) is 3.22. The van der Waals surface area contributed by atoms with Gasteiger partial charge in [0.15, 0.2) is 5.82 Å². The first-order valence-electron chi connectivity index (χ1n) is 8.18. The number of aliphatic hydroxyl groups is 1. The molecule has 2 aromatic heterocycles. The third-order valence-electron chi connectivity index (χ3n) is 4.44. The minimum absolute atomic E-state index is 0.332. The fourth-order valence-electron chi connectivity index (χ4n) is 3.22. The van der Waals surface area contributed by atoms with Crippen LogP contribution >= 0.6 is 22.9 Å². The maximum atomic E-state index is 10.5. The second kappa shape index (κ2) is 7.01. The van der Waals surface area contributed by atoms with E-state index in [0.29, 0.717) is 6.04 Å². The predicted molar refractivity (Wildman–Crippen MR) is 99.6 cm³/mol. The molecule has 2 atom stereocenters. The number of benzene rings is 1. The van der Waals surface area contributed by atoms with E-state index in [1.54, 1.807) is 11.3 Å². The molecule has 2 unspecified atom stereocenters. The molecule has 1 aromatic carbocycles. The van der Waals surface area contributed by atoms with E-state index in [4.69, 9.17) is 4.98 Å². The zero-order chi connectivity index (χ0) is 16.4. The van der Waals surface area contributed by atoms with Gasteiger partial charge in [-0.25, -0.2) is 0 Å². The Labute approximate surface area is 149 Å². The zero-order valence-corrected chi connectivity index (χ0v) is 14.8. The molecular formula is C18H19N3OS2. The van der Waals surface area contributed by atoms with Crippen LogP contribution in [-0.4, -0.2) is 27.1 Å². The van der Waals surface area contributed by atoms with Gasteiger partial charge in [0.2, 0.25) is 5.13 Å². The van der Waals surface area contributed by atoms with Crippen molar-refractivity contribution >= 4 is 28.0 Å². The van der Waals surface area contributed by atoms with E-state index in [0.717, 1.165) is 47.2 Å². The van der Waals surface area contributed by atoms with Crippen molar-refractivity contribution in [3.63, 3.8) is 0 Å². The van der Waals surface area contributed by atoms with Crippen molar-refractivity contribution < 1.29 is 5.11 Å². The first kappa shape index (κ1) is 15.7. The van der Waals surface area contributed by atoms with Crippen LogP contribution in [0.15, 0.2) is 47.8 Å². The first-order valence-corrected chi connectivity index (χ1v) is 9.84. The molecular weight excluding hydrogens is 338 g/mol. The quantitative estimate of drug-likeness (QED) is 0.737. The fourth-order valence-corrected chi connectivity index (χ4v) is 4.74. The van der Waals surface area contributed by atoms with E-state index in [2.05, 4.69) is 9.27 Å². The molecule has 24 heavy (non-hydrogen) atoms. The molecule has 1 aliphatic heterocycles. The van der Waals surface area contributed by atoms with E-state index < -0.39 is 6.10 Å². The predicted octanol–water partition coefficient (Wildman–Crippen LogP) is 4.36. The van der Waals surface area contributed by atoms with Gasteiger partial charge in [0, 0.05) is 34.6 Å². The lowest BCUT2D eigenvalue weighted by Crippen LogP contribution is -2.30. The highest BCUT2D eigenvalue weighted by molar-refractivity contribution is 7.10. The second-order valence-corrected chi connectivity index (χ2v) is 7.73. The number of rotatable bonds is 5. The van der Waals surface area contributed by atoms with Gasteiger partial charge >= 0.3 is 0 Å². The smallest absolute Gasteiger partial charge is 0.205 e. The van der Waals surface area contributed by atoms with Gasteiger partial charge in [0.1, 0.15) is 0 Å². The Kier molecular flexibility index (Phi) is 4.60. The molecule has 1 saturated heterocycles. The summed E-state index contributed by atoms with van der Waals surface area (Å²) in [6.45, 7) is 0.991. The third-order valence-corrected chi connectivity index (χ3v) is 6.16. The molecule has 6 heteroatoms. The van der Waals surface area contributed by atoms with Crippen molar-refractivity contribution in [1.82, 2.24) is 9.36 Å². The van der Waals surface area contributed by atoms with Crippen LogP contribution in [-0.2, 0) is 0 Å². The molecule has 1 fully saturated rings. The summed E-state index contributed by atoms with van der Waals surface area (Å²) in [6.07, 6.45) is 2.60. The first-order chi connectivity index (χ1) is 11.8. The highest BCUT2D eigenvalue weighted by atomic mass is 32.1. The molecule has 0 bridgehead atoms. The number of nitrogens with zero attached hydrogens (tertiary/aromatic N) is 3. The summed E-state index contributed by atoms with van der Waals surface area (Å²) in [4.78, 5) is 8.10. The normalized spacial score (nSPS) is 18.9. The molecule has 4 rings (SSSR count). The number of hydrogen-bond donors (Lipinski definition) is 1. The maximum Gasteiger partial charge on any atom is 0.205 e. The lowest BCUT2D eigenvalue weighted by atomic mass is 10.1. The Morgan fingerprint density at radius 2 is 2.08 bits per heavy atom. The lowest BCUT2D eigenvalue weighted by molar-refractivity contribution is 0.162. The van der Waals surface area contributed by atoms with Crippen LogP contribution in [0.25, 0.3) is 11.4 Å². The largest absolute Gasteiger partial charge is 0.387 e. The summed E-state index contributed by atoms with van der Waals surface area (Å²) >= 11 is 3.07. The number of hydrogen-bond acceptors (Lipinski definition) is 6. The van der Waals surface area contributed by atoms with Gasteiger partial charge in [-0.3, -0.25) is 0 Å². The fraction of sp³-hybridized carbons (Fsp3) is 0.333. The van der Waals surface area contributed by atoms with Crippen molar-refractivity contribution in [3.8, 4) is 11.4 Å². The Bertz CT molecular complexity index is 773. The van der Waals surface area contributed by atoms with Crippen LogP contribution < -0.4 is 4.90 Å². The van der Waals surface area contributed by atoms with Crippen LogP contribution in [0.3, 0.4) is 0 Å². The molecule has 3 heterocycles. The SMILES string of the molecule is OC(CC1CCCN1c1nc(-c2ccccc2)ns1)c1cccs1. The Hall–Kier alpha value is -1.76. The van der Waals surface area contributed by atoms with E-state index in [1.165, 1.54) is 11.5 Å². The molecule has 4 nitrogen and oxygen atoms in total. The Balaban J connectivity index is 1.50. The van der Waals surface area contributed by atoms with Gasteiger partial charge in [0.25, 0.3) is 0 Å². The second-order valence-electron chi connectivity index (χ2n) is 6.02. The summed E-state index contributed by atoms with van der Waals surface area (Å²) in [5.74, 6) is 0.792. The monoisotopic (exact) mass is 357 g/mol. The molecule has 0 aliphatic carbocycles. The van der Waals surface area contributed by atoms with Crippen LogP contribution in [0.1, 0.15) is 30.2 Å².